The molecule has 1 saturated heterocycles. The van der Waals surface area contributed by atoms with Crippen molar-refractivity contribution in [3.05, 3.63) is 71.3 Å². The Balaban J connectivity index is 1.23. The highest BCUT2D eigenvalue weighted by Crippen LogP contribution is 2.69. The molecule has 2 bridgehead atoms. The van der Waals surface area contributed by atoms with Crippen LogP contribution in [0, 0.1) is 11.3 Å². The van der Waals surface area contributed by atoms with Crippen molar-refractivity contribution in [1.29, 1.82) is 0 Å². The Morgan fingerprint density at radius 1 is 1.09 bits per heavy atom. The quantitative estimate of drug-likeness (QED) is 0.526. The van der Waals surface area contributed by atoms with Crippen LogP contribution in [0.3, 0.4) is 0 Å². The average Bonchev–Trinajstić information content (AvgIpc) is 3.38. The molecule has 2 aliphatic heterocycles. The van der Waals surface area contributed by atoms with Crippen LogP contribution in [0.1, 0.15) is 69.8 Å². The molecule has 2 heterocycles. The molecule has 4 nitrogen and oxygen atoms in total. The Morgan fingerprint density at radius 3 is 2.80 bits per heavy atom. The predicted molar refractivity (Wildman–Crippen MR) is 137 cm³/mol. The van der Waals surface area contributed by atoms with E-state index in [1.165, 1.54) is 40.3 Å². The number of carbonyl (C=O) groups is 1. The molecule has 2 saturated carbocycles. The van der Waals surface area contributed by atoms with E-state index in [1.54, 1.807) is 7.05 Å². The van der Waals surface area contributed by atoms with Gasteiger partial charge in [-0.2, -0.15) is 0 Å². The Bertz CT molecular complexity index is 1280. The summed E-state index contributed by atoms with van der Waals surface area (Å²) in [6.45, 7) is 2.53. The highest BCUT2D eigenvalue weighted by Gasteiger charge is 2.66. The first kappa shape index (κ1) is 21.7. The maximum absolute atomic E-state index is 11.9. The van der Waals surface area contributed by atoms with Gasteiger partial charge in [0.2, 0.25) is 0 Å². The van der Waals surface area contributed by atoms with Gasteiger partial charge >= 0.3 is 6.09 Å². The molecule has 7 rings (SSSR count). The van der Waals surface area contributed by atoms with Gasteiger partial charge in [0.25, 0.3) is 0 Å². The Hall–Kier alpha value is -2.59. The molecule has 1 unspecified atom stereocenters. The fraction of sp³-hybridized carbons (Fsp3) is 0.516. The number of amides is 1. The van der Waals surface area contributed by atoms with E-state index >= 15 is 0 Å². The number of benzene rings is 2. The van der Waals surface area contributed by atoms with Gasteiger partial charge in [0.15, 0.2) is 0 Å². The minimum Gasteiger partial charge on any atom is -0.446 e. The number of rotatable bonds is 2. The summed E-state index contributed by atoms with van der Waals surface area (Å²) in [5.74, 6) is 1.06. The molecule has 1 amide bonds. The molecule has 2 aromatic rings. The number of nitrogens with one attached hydrogen (secondary N) is 1. The van der Waals surface area contributed by atoms with Gasteiger partial charge in [-0.1, -0.05) is 61.5 Å². The minimum absolute atomic E-state index is 0.0725. The molecule has 2 spiro atoms. The maximum atomic E-state index is 11.9. The molecule has 6 atom stereocenters. The standard InChI is InChI=1S/C31H35NO3/c1-29-14-13-24-18-23-9-10-25(34-28(33)32-2)19-30(23)15-16-31(24,35-30)27(29)12-11-26(29)22-8-7-20-5-3-4-6-21(20)17-22/h3-8,13,17-18,25-27H,9-12,14-16,19H2,1-2H3,(H,32,33)/t25-,26+,27+,29+,30?,31+/m0/s1. The zero-order valence-electron chi connectivity index (χ0n) is 20.8. The van der Waals surface area contributed by atoms with Gasteiger partial charge < -0.3 is 14.8 Å². The molecular formula is C31H35NO3. The van der Waals surface area contributed by atoms with Crippen molar-refractivity contribution < 1.29 is 14.3 Å². The smallest absolute Gasteiger partial charge is 0.407 e. The van der Waals surface area contributed by atoms with Crippen LogP contribution in [0.25, 0.3) is 10.8 Å². The van der Waals surface area contributed by atoms with Crippen LogP contribution in [0.2, 0.25) is 0 Å². The number of hydrogen-bond acceptors (Lipinski definition) is 3. The molecule has 182 valence electrons. The molecular weight excluding hydrogens is 434 g/mol. The first-order valence-electron chi connectivity index (χ1n) is 13.4. The van der Waals surface area contributed by atoms with Crippen LogP contribution in [0.5, 0.6) is 0 Å². The van der Waals surface area contributed by atoms with Crippen LogP contribution in [-0.2, 0) is 9.47 Å². The van der Waals surface area contributed by atoms with E-state index in [9.17, 15) is 4.79 Å². The van der Waals surface area contributed by atoms with Gasteiger partial charge in [-0.3, -0.25) is 0 Å². The molecule has 3 fully saturated rings. The third kappa shape index (κ3) is 2.98. The largest absolute Gasteiger partial charge is 0.446 e. The zero-order chi connectivity index (χ0) is 23.8. The summed E-state index contributed by atoms with van der Waals surface area (Å²) in [6, 6.07) is 15.8. The van der Waals surface area contributed by atoms with Gasteiger partial charge in [0, 0.05) is 13.5 Å². The van der Waals surface area contributed by atoms with E-state index in [1.807, 2.05) is 0 Å². The monoisotopic (exact) mass is 469 g/mol. The summed E-state index contributed by atoms with van der Waals surface area (Å²) in [5, 5.41) is 5.27. The molecule has 1 N–H and O–H groups in total. The highest BCUT2D eigenvalue weighted by molar-refractivity contribution is 5.83. The van der Waals surface area contributed by atoms with Gasteiger partial charge in [0.1, 0.15) is 6.10 Å². The summed E-state index contributed by atoms with van der Waals surface area (Å²) in [6.07, 6.45) is 12.9. The zero-order valence-corrected chi connectivity index (χ0v) is 20.8. The first-order chi connectivity index (χ1) is 17.0. The number of carbonyl (C=O) groups excluding carboxylic acids is 1. The fourth-order valence-electron chi connectivity index (χ4n) is 8.65. The Labute approximate surface area is 207 Å². The van der Waals surface area contributed by atoms with Gasteiger partial charge in [-0.25, -0.2) is 4.79 Å². The molecule has 3 aliphatic carbocycles. The van der Waals surface area contributed by atoms with Crippen molar-refractivity contribution in [2.45, 2.75) is 81.5 Å². The van der Waals surface area contributed by atoms with Crippen LogP contribution >= 0.6 is 0 Å². The molecule has 0 aromatic heterocycles. The second kappa shape index (κ2) is 7.46. The summed E-state index contributed by atoms with van der Waals surface area (Å²) < 4.78 is 13.0. The number of alkyl carbamates (subject to hydrolysis) is 1. The van der Waals surface area contributed by atoms with E-state index in [-0.39, 0.29) is 28.8 Å². The van der Waals surface area contributed by atoms with E-state index in [0.717, 1.165) is 38.5 Å². The summed E-state index contributed by atoms with van der Waals surface area (Å²) in [7, 11) is 1.63. The predicted octanol–water partition coefficient (Wildman–Crippen LogP) is 6.81. The average molecular weight is 470 g/mol. The van der Waals surface area contributed by atoms with E-state index in [4.69, 9.17) is 9.47 Å². The lowest BCUT2D eigenvalue weighted by Gasteiger charge is -2.54. The second-order valence-corrected chi connectivity index (χ2v) is 11.8. The third-order valence-electron chi connectivity index (χ3n) is 10.3. The van der Waals surface area contributed by atoms with Crippen molar-refractivity contribution in [2.24, 2.45) is 11.3 Å². The number of allylic oxidation sites excluding steroid dienone is 1. The molecule has 4 heteroatoms. The summed E-state index contributed by atoms with van der Waals surface area (Å²) in [4.78, 5) is 11.9. The third-order valence-corrected chi connectivity index (χ3v) is 10.3. The van der Waals surface area contributed by atoms with Crippen molar-refractivity contribution in [3.8, 4) is 0 Å². The van der Waals surface area contributed by atoms with E-state index < -0.39 is 0 Å². The second-order valence-electron chi connectivity index (χ2n) is 11.8. The fourth-order valence-corrected chi connectivity index (χ4v) is 8.65. The van der Waals surface area contributed by atoms with Crippen LogP contribution in [0.4, 0.5) is 4.79 Å². The minimum atomic E-state index is -0.331. The maximum Gasteiger partial charge on any atom is 0.407 e. The van der Waals surface area contributed by atoms with Gasteiger partial charge in [0.05, 0.1) is 11.2 Å². The normalized spacial score (nSPS) is 39.2. The van der Waals surface area contributed by atoms with Gasteiger partial charge in [-0.05, 0) is 89.7 Å². The Kier molecular flexibility index (Phi) is 4.62. The van der Waals surface area contributed by atoms with Crippen molar-refractivity contribution in [1.82, 2.24) is 5.32 Å². The summed E-state index contributed by atoms with van der Waals surface area (Å²) >= 11 is 0. The number of hydrogen-bond donors (Lipinski definition) is 1. The Morgan fingerprint density at radius 2 is 1.94 bits per heavy atom. The van der Waals surface area contributed by atoms with Crippen LogP contribution < -0.4 is 5.32 Å². The summed E-state index contributed by atoms with van der Waals surface area (Å²) in [5.41, 5.74) is 4.10. The number of ether oxygens (including phenoxy) is 2. The first-order valence-corrected chi connectivity index (χ1v) is 13.4. The van der Waals surface area contributed by atoms with Crippen molar-refractivity contribution in [2.75, 3.05) is 7.05 Å². The van der Waals surface area contributed by atoms with Crippen LogP contribution in [-0.4, -0.2) is 30.4 Å². The van der Waals surface area contributed by atoms with E-state index in [2.05, 4.69) is 66.9 Å². The molecule has 2 aromatic carbocycles. The number of fused-ring (bicyclic) bond motifs is 2. The SMILES string of the molecule is CNC(=O)O[C@H]1CCC2=CC3=CC[C@]4(C)[C@@H](c5ccc6ccccc6c5)CC[C@H]4[C@@]34CCC2(C1)O4. The van der Waals surface area contributed by atoms with E-state index in [0.29, 0.717) is 11.8 Å². The van der Waals surface area contributed by atoms with Crippen LogP contribution in [0.15, 0.2) is 65.8 Å². The lowest BCUT2D eigenvalue weighted by Crippen LogP contribution is -2.54. The lowest BCUT2D eigenvalue weighted by atomic mass is 9.58. The lowest BCUT2D eigenvalue weighted by molar-refractivity contribution is -0.144. The topological polar surface area (TPSA) is 47.6 Å². The van der Waals surface area contributed by atoms with Gasteiger partial charge in [-0.15, -0.1) is 0 Å². The molecule has 0 radical (unpaired) electrons. The highest BCUT2D eigenvalue weighted by atomic mass is 16.6. The van der Waals surface area contributed by atoms with Crippen molar-refractivity contribution in [3.63, 3.8) is 0 Å². The molecule has 35 heavy (non-hydrogen) atoms. The molecule has 5 aliphatic rings. The van der Waals surface area contributed by atoms with Crippen molar-refractivity contribution >= 4 is 16.9 Å².